The van der Waals surface area contributed by atoms with Crippen molar-refractivity contribution in [2.24, 2.45) is 22.7 Å². The molecule has 0 amide bonds. The number of Topliss-reactive ketones (excluding diaryl/α,β-unsaturated/α-hetero) is 1. The second kappa shape index (κ2) is 4.36. The number of rotatable bonds is 1. The van der Waals surface area contributed by atoms with E-state index in [-0.39, 0.29) is 22.6 Å². The van der Waals surface area contributed by atoms with E-state index in [2.05, 4.69) is 20.8 Å². The van der Waals surface area contributed by atoms with Crippen LogP contribution in [0.4, 0.5) is 0 Å². The van der Waals surface area contributed by atoms with Crippen LogP contribution in [-0.4, -0.2) is 18.9 Å². The minimum atomic E-state index is -0.541. The van der Waals surface area contributed by atoms with Crippen LogP contribution in [0, 0.1) is 22.7 Å². The Bertz CT molecular complexity index is 364. The number of hydrogen-bond acceptors (Lipinski definition) is 3. The van der Waals surface area contributed by atoms with Crippen LogP contribution >= 0.6 is 0 Å². The Kier molecular flexibility index (Phi) is 3.28. The van der Waals surface area contributed by atoms with Crippen LogP contribution in [0.2, 0.25) is 0 Å². The average Bonchev–Trinajstić information content (AvgIpc) is 2.26. The molecule has 0 aromatic carbocycles. The summed E-state index contributed by atoms with van der Waals surface area (Å²) in [6.45, 7) is 6.68. The molecule has 2 rings (SSSR count). The maximum atomic E-state index is 12.2. The van der Waals surface area contributed by atoms with Gasteiger partial charge in [-0.2, -0.15) is 0 Å². The fraction of sp³-hybridized carbons (Fsp3) is 0.867. The van der Waals surface area contributed by atoms with Crippen LogP contribution in [0.25, 0.3) is 0 Å². The first kappa shape index (κ1) is 13.6. The number of hydrogen-bond donors (Lipinski definition) is 0. The Morgan fingerprint density at radius 1 is 1.28 bits per heavy atom. The Morgan fingerprint density at radius 3 is 2.56 bits per heavy atom. The highest BCUT2D eigenvalue weighted by molar-refractivity contribution is 6.00. The van der Waals surface area contributed by atoms with Gasteiger partial charge in [0.1, 0.15) is 11.7 Å². The topological polar surface area (TPSA) is 43.4 Å². The largest absolute Gasteiger partial charge is 0.468 e. The number of esters is 1. The van der Waals surface area contributed by atoms with E-state index in [1.165, 1.54) is 13.5 Å². The zero-order chi connectivity index (χ0) is 13.6. The van der Waals surface area contributed by atoms with Crippen molar-refractivity contribution >= 4 is 11.8 Å². The normalized spacial score (nSPS) is 39.0. The highest BCUT2D eigenvalue weighted by Crippen LogP contribution is 2.59. The van der Waals surface area contributed by atoms with Crippen LogP contribution in [-0.2, 0) is 14.3 Å². The van der Waals surface area contributed by atoms with Crippen LogP contribution < -0.4 is 0 Å². The number of carbonyl (C=O) groups is 2. The molecule has 0 radical (unpaired) electrons. The number of ether oxygens (including phenoxy) is 1. The monoisotopic (exact) mass is 252 g/mol. The van der Waals surface area contributed by atoms with Crippen molar-refractivity contribution in [2.75, 3.05) is 7.11 Å². The first-order valence-corrected chi connectivity index (χ1v) is 6.93. The molecule has 0 N–H and O–H groups in total. The predicted molar refractivity (Wildman–Crippen MR) is 69.0 cm³/mol. The smallest absolute Gasteiger partial charge is 0.316 e. The van der Waals surface area contributed by atoms with E-state index < -0.39 is 5.92 Å². The van der Waals surface area contributed by atoms with Gasteiger partial charge in [0.15, 0.2) is 0 Å². The van der Waals surface area contributed by atoms with Gasteiger partial charge in [0, 0.05) is 6.42 Å². The number of methoxy groups -OCH3 is 1. The van der Waals surface area contributed by atoms with Gasteiger partial charge in [-0.3, -0.25) is 9.59 Å². The van der Waals surface area contributed by atoms with Crippen LogP contribution in [0.15, 0.2) is 0 Å². The van der Waals surface area contributed by atoms with Crippen molar-refractivity contribution in [2.45, 2.75) is 52.9 Å². The van der Waals surface area contributed by atoms with Crippen molar-refractivity contribution < 1.29 is 14.3 Å². The summed E-state index contributed by atoms with van der Waals surface area (Å²) in [5.74, 6) is -0.343. The Morgan fingerprint density at radius 2 is 1.94 bits per heavy atom. The molecule has 102 valence electrons. The molecule has 0 unspecified atom stereocenters. The number of fused-ring (bicyclic) bond motifs is 1. The lowest BCUT2D eigenvalue weighted by atomic mass is 9.48. The molecule has 2 fully saturated rings. The van der Waals surface area contributed by atoms with E-state index in [1.807, 2.05) is 0 Å². The highest BCUT2D eigenvalue weighted by atomic mass is 16.5. The van der Waals surface area contributed by atoms with Gasteiger partial charge in [-0.15, -0.1) is 0 Å². The Hall–Kier alpha value is -0.860. The summed E-state index contributed by atoms with van der Waals surface area (Å²) in [7, 11) is 1.39. The summed E-state index contributed by atoms with van der Waals surface area (Å²) in [6.07, 6.45) is 4.71. The Balaban J connectivity index is 2.40. The molecular weight excluding hydrogens is 228 g/mol. The maximum absolute atomic E-state index is 12.2. The third kappa shape index (κ3) is 1.88. The quantitative estimate of drug-likeness (QED) is 0.532. The molecule has 2 aliphatic carbocycles. The third-order valence-corrected chi connectivity index (χ3v) is 5.37. The van der Waals surface area contributed by atoms with E-state index in [4.69, 9.17) is 4.74 Å². The maximum Gasteiger partial charge on any atom is 0.316 e. The predicted octanol–water partition coefficient (Wildman–Crippen LogP) is 2.97. The second-order valence-electron chi connectivity index (χ2n) is 6.86. The van der Waals surface area contributed by atoms with E-state index in [9.17, 15) is 9.59 Å². The van der Waals surface area contributed by atoms with Crippen LogP contribution in [0.3, 0.4) is 0 Å². The van der Waals surface area contributed by atoms with Gasteiger partial charge >= 0.3 is 5.97 Å². The molecule has 0 aliphatic heterocycles. The van der Waals surface area contributed by atoms with Gasteiger partial charge in [-0.1, -0.05) is 27.2 Å². The summed E-state index contributed by atoms with van der Waals surface area (Å²) in [5, 5.41) is 0. The lowest BCUT2D eigenvalue weighted by molar-refractivity contribution is -0.167. The average molecular weight is 252 g/mol. The van der Waals surface area contributed by atoms with Gasteiger partial charge in [-0.25, -0.2) is 0 Å². The number of ketones is 1. The van der Waals surface area contributed by atoms with E-state index in [0.29, 0.717) is 12.3 Å². The summed E-state index contributed by atoms with van der Waals surface area (Å²) >= 11 is 0. The fourth-order valence-corrected chi connectivity index (χ4v) is 4.55. The standard InChI is InChI=1S/C15H24O3/c1-14(2)8-5-9-15(3)11(14)7-6-10(16)12(15)13(17)18-4/h11-12H,5-9H2,1-4H3/t11-,12-,15+/m0/s1. The van der Waals surface area contributed by atoms with Gasteiger partial charge in [0.2, 0.25) is 0 Å². The molecule has 0 heterocycles. The van der Waals surface area contributed by atoms with Crippen molar-refractivity contribution in [3.63, 3.8) is 0 Å². The first-order valence-electron chi connectivity index (χ1n) is 6.93. The Labute approximate surface area is 109 Å². The molecule has 3 atom stereocenters. The molecule has 2 saturated carbocycles. The van der Waals surface area contributed by atoms with Crippen LogP contribution in [0.5, 0.6) is 0 Å². The molecule has 18 heavy (non-hydrogen) atoms. The summed E-state index contributed by atoms with van der Waals surface area (Å²) < 4.78 is 4.88. The van der Waals surface area contributed by atoms with Crippen molar-refractivity contribution in [1.82, 2.24) is 0 Å². The molecular formula is C15H24O3. The molecule has 0 saturated heterocycles. The van der Waals surface area contributed by atoms with Crippen molar-refractivity contribution in [3.05, 3.63) is 0 Å². The lowest BCUT2D eigenvalue weighted by Crippen LogP contribution is -2.54. The highest BCUT2D eigenvalue weighted by Gasteiger charge is 2.57. The summed E-state index contributed by atoms with van der Waals surface area (Å²) in [6, 6.07) is 0. The zero-order valence-corrected chi connectivity index (χ0v) is 11.9. The fourth-order valence-electron chi connectivity index (χ4n) is 4.55. The third-order valence-electron chi connectivity index (χ3n) is 5.37. The van der Waals surface area contributed by atoms with E-state index in [1.54, 1.807) is 0 Å². The van der Waals surface area contributed by atoms with Gasteiger partial charge in [0.25, 0.3) is 0 Å². The molecule has 3 heteroatoms. The molecule has 2 aliphatic rings. The zero-order valence-electron chi connectivity index (χ0n) is 11.9. The SMILES string of the molecule is COC(=O)[C@@H]1C(=O)CC[C@H]2C(C)(C)CCC[C@@]12C. The van der Waals surface area contributed by atoms with Crippen LogP contribution in [0.1, 0.15) is 52.9 Å². The summed E-state index contributed by atoms with van der Waals surface area (Å²) in [4.78, 5) is 24.2. The van der Waals surface area contributed by atoms with Gasteiger partial charge in [0.05, 0.1) is 7.11 Å². The van der Waals surface area contributed by atoms with Gasteiger partial charge < -0.3 is 4.74 Å². The molecule has 0 aromatic rings. The first-order chi connectivity index (χ1) is 8.33. The molecule has 3 nitrogen and oxygen atoms in total. The van der Waals surface area contributed by atoms with Crippen molar-refractivity contribution in [1.29, 1.82) is 0 Å². The number of carbonyl (C=O) groups excluding carboxylic acids is 2. The minimum Gasteiger partial charge on any atom is -0.468 e. The molecule has 0 aromatic heterocycles. The van der Waals surface area contributed by atoms with Crippen molar-refractivity contribution in [3.8, 4) is 0 Å². The van der Waals surface area contributed by atoms with E-state index >= 15 is 0 Å². The summed E-state index contributed by atoms with van der Waals surface area (Å²) in [5.41, 5.74) is 0.0180. The second-order valence-corrected chi connectivity index (χ2v) is 6.86. The molecule has 0 bridgehead atoms. The van der Waals surface area contributed by atoms with E-state index in [0.717, 1.165) is 19.3 Å². The van der Waals surface area contributed by atoms with Gasteiger partial charge in [-0.05, 0) is 36.0 Å². The molecule has 0 spiro atoms. The minimum absolute atomic E-state index is 0.0818. The lowest BCUT2D eigenvalue weighted by Gasteiger charge is -2.55.